The molecule has 4 aliphatic carbocycles. The first-order valence-electron chi connectivity index (χ1n) is 14.3. The van der Waals surface area contributed by atoms with Crippen LogP contribution in [0, 0.1) is 35.5 Å². The molecule has 0 aromatic carbocycles. The van der Waals surface area contributed by atoms with Gasteiger partial charge in [0.15, 0.2) is 0 Å². The second-order valence-corrected chi connectivity index (χ2v) is 11.9. The van der Waals surface area contributed by atoms with Crippen molar-refractivity contribution >= 4 is 5.78 Å². The molecule has 0 saturated heterocycles. The summed E-state index contributed by atoms with van der Waals surface area (Å²) < 4.78 is 0. The van der Waals surface area contributed by atoms with Crippen LogP contribution in [0.25, 0.3) is 0 Å². The van der Waals surface area contributed by atoms with Crippen LogP contribution < -0.4 is 0 Å². The average molecular weight is 415 g/mol. The molecule has 0 N–H and O–H groups in total. The maximum atomic E-state index is 13.6. The maximum Gasteiger partial charge on any atom is 0.133 e. The summed E-state index contributed by atoms with van der Waals surface area (Å²) in [6.45, 7) is 0. The standard InChI is InChI=1S/C29H50O/c30-27(21-28(23-13-5-1-6-14-23)24-15-7-2-8-16-24)22-29(25-17-9-3-10-18-25)26-19-11-4-12-20-26/h23-26,28-29H,1-22H2. The highest BCUT2D eigenvalue weighted by molar-refractivity contribution is 5.79. The lowest BCUT2D eigenvalue weighted by Crippen LogP contribution is -2.32. The minimum absolute atomic E-state index is 0.678. The number of hydrogen-bond donors (Lipinski definition) is 0. The van der Waals surface area contributed by atoms with E-state index in [2.05, 4.69) is 0 Å². The summed E-state index contributed by atoms with van der Waals surface area (Å²) >= 11 is 0. The van der Waals surface area contributed by atoms with Gasteiger partial charge in [-0.1, -0.05) is 128 Å². The van der Waals surface area contributed by atoms with Crippen LogP contribution in [0.5, 0.6) is 0 Å². The normalized spacial score (nSPS) is 26.5. The Hall–Kier alpha value is -0.330. The summed E-state index contributed by atoms with van der Waals surface area (Å²) in [5, 5.41) is 0. The maximum absolute atomic E-state index is 13.6. The Balaban J connectivity index is 1.41. The van der Waals surface area contributed by atoms with Gasteiger partial charge in [-0.15, -0.1) is 0 Å². The minimum Gasteiger partial charge on any atom is -0.300 e. The first kappa shape index (κ1) is 22.8. The molecule has 0 amide bonds. The van der Waals surface area contributed by atoms with Gasteiger partial charge in [0.05, 0.1) is 0 Å². The molecule has 172 valence electrons. The van der Waals surface area contributed by atoms with Gasteiger partial charge in [-0.25, -0.2) is 0 Å². The molecule has 30 heavy (non-hydrogen) atoms. The molecule has 0 unspecified atom stereocenters. The van der Waals surface area contributed by atoms with Gasteiger partial charge < -0.3 is 0 Å². The summed E-state index contributed by atoms with van der Waals surface area (Å²) in [4.78, 5) is 13.6. The first-order chi connectivity index (χ1) is 14.8. The number of carbonyl (C=O) groups is 1. The summed E-state index contributed by atoms with van der Waals surface area (Å²) in [5.74, 6) is 5.62. The number of Topliss-reactive ketones (excluding diaryl/α,β-unsaturated/α-hetero) is 1. The molecule has 1 heteroatoms. The van der Waals surface area contributed by atoms with Crippen molar-refractivity contribution in [1.29, 1.82) is 0 Å². The molecule has 4 aliphatic rings. The van der Waals surface area contributed by atoms with Crippen LogP contribution in [-0.4, -0.2) is 5.78 Å². The molecule has 0 spiro atoms. The van der Waals surface area contributed by atoms with Gasteiger partial charge in [-0.2, -0.15) is 0 Å². The van der Waals surface area contributed by atoms with Gasteiger partial charge in [0.2, 0.25) is 0 Å². The zero-order chi connectivity index (χ0) is 20.6. The van der Waals surface area contributed by atoms with Crippen LogP contribution in [0.1, 0.15) is 141 Å². The van der Waals surface area contributed by atoms with Crippen LogP contribution in [0.2, 0.25) is 0 Å². The predicted octanol–water partition coefficient (Wildman–Crippen LogP) is 8.89. The monoisotopic (exact) mass is 414 g/mol. The first-order valence-corrected chi connectivity index (χ1v) is 14.3. The van der Waals surface area contributed by atoms with Crippen molar-refractivity contribution in [1.82, 2.24) is 0 Å². The quantitative estimate of drug-likeness (QED) is 0.387. The second-order valence-electron chi connectivity index (χ2n) is 11.9. The highest BCUT2D eigenvalue weighted by Crippen LogP contribution is 2.45. The van der Waals surface area contributed by atoms with E-state index in [1.54, 1.807) is 0 Å². The molecular formula is C29H50O. The molecular weight excluding hydrogens is 364 g/mol. The Morgan fingerprint density at radius 2 is 0.667 bits per heavy atom. The third kappa shape index (κ3) is 6.35. The van der Waals surface area contributed by atoms with E-state index in [1.165, 1.54) is 128 Å². The molecule has 0 aliphatic heterocycles. The highest BCUT2D eigenvalue weighted by atomic mass is 16.1. The molecule has 0 heterocycles. The van der Waals surface area contributed by atoms with Crippen molar-refractivity contribution in [3.63, 3.8) is 0 Å². The summed E-state index contributed by atoms with van der Waals surface area (Å²) in [5.41, 5.74) is 0. The Morgan fingerprint density at radius 3 is 0.900 bits per heavy atom. The number of ketones is 1. The zero-order valence-electron chi connectivity index (χ0n) is 19.9. The van der Waals surface area contributed by atoms with Gasteiger partial charge in [0.25, 0.3) is 0 Å². The second kappa shape index (κ2) is 12.1. The van der Waals surface area contributed by atoms with Crippen LogP contribution >= 0.6 is 0 Å². The van der Waals surface area contributed by atoms with E-state index in [9.17, 15) is 4.79 Å². The van der Waals surface area contributed by atoms with Crippen molar-refractivity contribution in [2.45, 2.75) is 141 Å². The van der Waals surface area contributed by atoms with E-state index in [1.807, 2.05) is 0 Å². The summed E-state index contributed by atoms with van der Waals surface area (Å²) in [7, 11) is 0. The average Bonchev–Trinajstić information content (AvgIpc) is 2.83. The van der Waals surface area contributed by atoms with E-state index < -0.39 is 0 Å². The molecule has 0 bridgehead atoms. The van der Waals surface area contributed by atoms with E-state index in [4.69, 9.17) is 0 Å². The Kier molecular flexibility index (Phi) is 9.18. The van der Waals surface area contributed by atoms with Crippen molar-refractivity contribution < 1.29 is 4.79 Å². The summed E-state index contributed by atoms with van der Waals surface area (Å²) in [6, 6.07) is 0. The van der Waals surface area contributed by atoms with Crippen LogP contribution in [-0.2, 0) is 4.79 Å². The van der Waals surface area contributed by atoms with Gasteiger partial charge in [0.1, 0.15) is 5.78 Å². The molecule has 4 rings (SSSR count). The molecule has 0 aromatic heterocycles. The van der Waals surface area contributed by atoms with E-state index in [-0.39, 0.29) is 0 Å². The van der Waals surface area contributed by atoms with E-state index >= 15 is 0 Å². The van der Waals surface area contributed by atoms with E-state index in [0.717, 1.165) is 48.3 Å². The zero-order valence-corrected chi connectivity index (χ0v) is 19.9. The molecule has 4 saturated carbocycles. The minimum atomic E-state index is 0.678. The molecule has 0 aromatic rings. The Morgan fingerprint density at radius 1 is 0.433 bits per heavy atom. The largest absolute Gasteiger partial charge is 0.300 e. The van der Waals surface area contributed by atoms with Crippen molar-refractivity contribution in [3.8, 4) is 0 Å². The molecule has 1 nitrogen and oxygen atoms in total. The van der Waals surface area contributed by atoms with Crippen LogP contribution in [0.4, 0.5) is 0 Å². The lowest BCUT2D eigenvalue weighted by atomic mass is 9.65. The lowest BCUT2D eigenvalue weighted by molar-refractivity contribution is -0.123. The fraction of sp³-hybridized carbons (Fsp3) is 0.966. The highest BCUT2D eigenvalue weighted by Gasteiger charge is 2.36. The van der Waals surface area contributed by atoms with Crippen LogP contribution in [0.15, 0.2) is 0 Å². The third-order valence-electron chi connectivity index (χ3n) is 9.95. The number of carbonyl (C=O) groups excluding carboxylic acids is 1. The van der Waals surface area contributed by atoms with Crippen LogP contribution in [0.3, 0.4) is 0 Å². The Labute approximate surface area is 187 Å². The predicted molar refractivity (Wildman–Crippen MR) is 128 cm³/mol. The fourth-order valence-corrected chi connectivity index (χ4v) is 8.29. The third-order valence-corrected chi connectivity index (χ3v) is 9.95. The van der Waals surface area contributed by atoms with Crippen molar-refractivity contribution in [3.05, 3.63) is 0 Å². The molecule has 0 atom stereocenters. The SMILES string of the molecule is O=C(CC(C1CCCCC1)C1CCCCC1)CC(C1CCCCC1)C1CCCCC1. The van der Waals surface area contributed by atoms with Gasteiger partial charge >= 0.3 is 0 Å². The fourth-order valence-electron chi connectivity index (χ4n) is 8.29. The molecule has 0 radical (unpaired) electrons. The molecule has 4 fully saturated rings. The smallest absolute Gasteiger partial charge is 0.133 e. The summed E-state index contributed by atoms with van der Waals surface area (Å²) in [6.07, 6.45) is 30.4. The van der Waals surface area contributed by atoms with Gasteiger partial charge in [-0.05, 0) is 35.5 Å². The number of hydrogen-bond acceptors (Lipinski definition) is 1. The number of rotatable bonds is 8. The van der Waals surface area contributed by atoms with Gasteiger partial charge in [0, 0.05) is 12.8 Å². The van der Waals surface area contributed by atoms with Gasteiger partial charge in [-0.3, -0.25) is 4.79 Å². The Bertz CT molecular complexity index is 406. The lowest BCUT2D eigenvalue weighted by Gasteiger charge is -2.40. The van der Waals surface area contributed by atoms with E-state index in [0.29, 0.717) is 5.78 Å². The van der Waals surface area contributed by atoms with Crippen molar-refractivity contribution in [2.24, 2.45) is 35.5 Å². The van der Waals surface area contributed by atoms with Crippen molar-refractivity contribution in [2.75, 3.05) is 0 Å². The topological polar surface area (TPSA) is 17.1 Å².